The minimum atomic E-state index is 0.702. The summed E-state index contributed by atoms with van der Waals surface area (Å²) in [5, 5.41) is 4.09. The molecule has 5 heteroatoms. The molecule has 1 aromatic heterocycles. The van der Waals surface area contributed by atoms with Gasteiger partial charge < -0.3 is 10.2 Å². The SMILES string of the molecule is Clc1ccc(N2CC(N3CCNCC3)C2)nc1. The van der Waals surface area contributed by atoms with Crippen LogP contribution < -0.4 is 10.2 Å². The van der Waals surface area contributed by atoms with Gasteiger partial charge in [-0.2, -0.15) is 0 Å². The first-order valence-corrected chi connectivity index (χ1v) is 6.52. The Morgan fingerprint density at radius 2 is 2.00 bits per heavy atom. The maximum Gasteiger partial charge on any atom is 0.128 e. The number of nitrogens with zero attached hydrogens (tertiary/aromatic N) is 3. The van der Waals surface area contributed by atoms with Crippen molar-refractivity contribution >= 4 is 17.4 Å². The fraction of sp³-hybridized carbons (Fsp3) is 0.583. The number of hydrogen-bond donors (Lipinski definition) is 1. The second kappa shape index (κ2) is 4.80. The maximum absolute atomic E-state index is 5.83. The Labute approximate surface area is 107 Å². The fourth-order valence-electron chi connectivity index (χ4n) is 2.48. The van der Waals surface area contributed by atoms with E-state index in [-0.39, 0.29) is 0 Å². The molecule has 1 N–H and O–H groups in total. The molecule has 92 valence electrons. The lowest BCUT2D eigenvalue weighted by Gasteiger charge is -2.47. The third-order valence-corrected chi connectivity index (χ3v) is 3.79. The van der Waals surface area contributed by atoms with E-state index in [0.717, 1.165) is 32.0 Å². The molecule has 0 radical (unpaired) electrons. The standard InChI is InChI=1S/C12H17ClN4/c13-10-1-2-12(15-7-10)17-8-11(9-17)16-5-3-14-4-6-16/h1-2,7,11,14H,3-6,8-9H2. The van der Waals surface area contributed by atoms with Gasteiger partial charge in [-0.15, -0.1) is 0 Å². The molecule has 17 heavy (non-hydrogen) atoms. The zero-order valence-electron chi connectivity index (χ0n) is 9.77. The highest BCUT2D eigenvalue weighted by Gasteiger charge is 2.32. The summed E-state index contributed by atoms with van der Waals surface area (Å²) in [7, 11) is 0. The summed E-state index contributed by atoms with van der Waals surface area (Å²) in [4.78, 5) is 9.22. The van der Waals surface area contributed by atoms with Gasteiger partial charge >= 0.3 is 0 Å². The van der Waals surface area contributed by atoms with Crippen LogP contribution in [0.25, 0.3) is 0 Å². The zero-order valence-corrected chi connectivity index (χ0v) is 10.5. The molecule has 0 spiro atoms. The number of aromatic nitrogens is 1. The molecule has 3 heterocycles. The second-order valence-electron chi connectivity index (χ2n) is 4.68. The highest BCUT2D eigenvalue weighted by molar-refractivity contribution is 6.30. The van der Waals surface area contributed by atoms with Crippen LogP contribution in [0.4, 0.5) is 5.82 Å². The third kappa shape index (κ3) is 2.39. The lowest BCUT2D eigenvalue weighted by atomic mass is 10.1. The molecule has 4 nitrogen and oxygen atoms in total. The van der Waals surface area contributed by atoms with Gasteiger partial charge in [-0.1, -0.05) is 11.6 Å². The van der Waals surface area contributed by atoms with Gasteiger partial charge in [-0.05, 0) is 12.1 Å². The largest absolute Gasteiger partial charge is 0.353 e. The van der Waals surface area contributed by atoms with E-state index in [9.17, 15) is 0 Å². The first-order chi connectivity index (χ1) is 8.33. The Morgan fingerprint density at radius 1 is 1.24 bits per heavy atom. The summed E-state index contributed by atoms with van der Waals surface area (Å²) in [6, 6.07) is 4.60. The van der Waals surface area contributed by atoms with Crippen LogP contribution in [0.2, 0.25) is 5.02 Å². The van der Waals surface area contributed by atoms with E-state index in [1.54, 1.807) is 6.20 Å². The average Bonchev–Trinajstić information content (AvgIpc) is 2.31. The Kier molecular flexibility index (Phi) is 3.18. The van der Waals surface area contributed by atoms with Crippen LogP contribution in [0, 0.1) is 0 Å². The zero-order chi connectivity index (χ0) is 11.7. The first-order valence-electron chi connectivity index (χ1n) is 6.14. The van der Waals surface area contributed by atoms with Crippen molar-refractivity contribution in [1.29, 1.82) is 0 Å². The minimum Gasteiger partial charge on any atom is -0.353 e. The van der Waals surface area contributed by atoms with Crippen molar-refractivity contribution in [1.82, 2.24) is 15.2 Å². The molecule has 0 bridgehead atoms. The number of anilines is 1. The highest BCUT2D eigenvalue weighted by Crippen LogP contribution is 2.22. The van der Waals surface area contributed by atoms with Crippen LogP contribution in [0.1, 0.15) is 0 Å². The molecule has 0 aliphatic carbocycles. The van der Waals surface area contributed by atoms with Crippen LogP contribution >= 0.6 is 11.6 Å². The lowest BCUT2D eigenvalue weighted by molar-refractivity contribution is 0.147. The van der Waals surface area contributed by atoms with Gasteiger partial charge in [0.2, 0.25) is 0 Å². The van der Waals surface area contributed by atoms with Crippen LogP contribution in [-0.4, -0.2) is 55.2 Å². The molecular weight excluding hydrogens is 236 g/mol. The van der Waals surface area contributed by atoms with E-state index in [2.05, 4.69) is 20.1 Å². The van der Waals surface area contributed by atoms with Gasteiger partial charge in [0.15, 0.2) is 0 Å². The molecule has 0 amide bonds. The Balaban J connectivity index is 1.55. The van der Waals surface area contributed by atoms with E-state index in [4.69, 9.17) is 11.6 Å². The van der Waals surface area contributed by atoms with Crippen LogP contribution in [-0.2, 0) is 0 Å². The van der Waals surface area contributed by atoms with Gasteiger partial charge in [0.1, 0.15) is 5.82 Å². The van der Waals surface area contributed by atoms with Crippen molar-refractivity contribution in [2.45, 2.75) is 6.04 Å². The number of nitrogens with one attached hydrogen (secondary N) is 1. The van der Waals surface area contributed by atoms with Gasteiger partial charge in [0, 0.05) is 51.5 Å². The van der Waals surface area contributed by atoms with Gasteiger partial charge in [-0.25, -0.2) is 4.98 Å². The summed E-state index contributed by atoms with van der Waals surface area (Å²) in [6.45, 7) is 6.77. The number of halogens is 1. The summed E-state index contributed by atoms with van der Waals surface area (Å²) >= 11 is 5.83. The van der Waals surface area contributed by atoms with E-state index in [1.165, 1.54) is 13.1 Å². The summed E-state index contributed by atoms with van der Waals surface area (Å²) in [6.07, 6.45) is 1.72. The van der Waals surface area contributed by atoms with Crippen molar-refractivity contribution in [3.05, 3.63) is 23.4 Å². The van der Waals surface area contributed by atoms with E-state index in [0.29, 0.717) is 11.1 Å². The van der Waals surface area contributed by atoms with Crippen molar-refractivity contribution in [3.8, 4) is 0 Å². The molecule has 0 saturated carbocycles. The summed E-state index contributed by atoms with van der Waals surface area (Å²) in [5.74, 6) is 1.04. The number of pyridine rings is 1. The van der Waals surface area contributed by atoms with Crippen LogP contribution in [0.15, 0.2) is 18.3 Å². The molecule has 0 atom stereocenters. The molecule has 2 aliphatic heterocycles. The predicted molar refractivity (Wildman–Crippen MR) is 69.7 cm³/mol. The molecule has 3 rings (SSSR count). The molecular formula is C12H17ClN4. The van der Waals surface area contributed by atoms with E-state index in [1.807, 2.05) is 12.1 Å². The van der Waals surface area contributed by atoms with Gasteiger partial charge in [0.05, 0.1) is 5.02 Å². The van der Waals surface area contributed by atoms with Gasteiger partial charge in [-0.3, -0.25) is 4.90 Å². The van der Waals surface area contributed by atoms with Crippen molar-refractivity contribution < 1.29 is 0 Å². The Bertz CT molecular complexity index is 369. The summed E-state index contributed by atoms with van der Waals surface area (Å²) in [5.41, 5.74) is 0. The number of hydrogen-bond acceptors (Lipinski definition) is 4. The van der Waals surface area contributed by atoms with E-state index >= 15 is 0 Å². The van der Waals surface area contributed by atoms with E-state index < -0.39 is 0 Å². The lowest BCUT2D eigenvalue weighted by Crippen LogP contribution is -2.63. The van der Waals surface area contributed by atoms with Crippen molar-refractivity contribution in [3.63, 3.8) is 0 Å². The third-order valence-electron chi connectivity index (χ3n) is 3.57. The monoisotopic (exact) mass is 252 g/mol. The molecule has 2 saturated heterocycles. The number of rotatable bonds is 2. The molecule has 2 fully saturated rings. The Hall–Kier alpha value is -0.840. The second-order valence-corrected chi connectivity index (χ2v) is 5.12. The maximum atomic E-state index is 5.83. The van der Waals surface area contributed by atoms with Gasteiger partial charge in [0.25, 0.3) is 0 Å². The fourth-order valence-corrected chi connectivity index (χ4v) is 2.59. The smallest absolute Gasteiger partial charge is 0.128 e. The van der Waals surface area contributed by atoms with Crippen LogP contribution in [0.3, 0.4) is 0 Å². The molecule has 0 unspecified atom stereocenters. The predicted octanol–water partition coefficient (Wildman–Crippen LogP) is 0.829. The quantitative estimate of drug-likeness (QED) is 0.845. The van der Waals surface area contributed by atoms with Crippen molar-refractivity contribution in [2.75, 3.05) is 44.2 Å². The number of piperazine rings is 1. The highest BCUT2D eigenvalue weighted by atomic mass is 35.5. The normalized spacial score (nSPS) is 22.5. The summed E-state index contributed by atoms with van der Waals surface area (Å²) < 4.78 is 0. The molecule has 2 aliphatic rings. The molecule has 1 aromatic rings. The topological polar surface area (TPSA) is 31.4 Å². The molecule has 0 aromatic carbocycles. The first kappa shape index (κ1) is 11.3. The Morgan fingerprint density at radius 3 is 2.65 bits per heavy atom. The minimum absolute atomic E-state index is 0.702. The van der Waals surface area contributed by atoms with Crippen molar-refractivity contribution in [2.24, 2.45) is 0 Å². The average molecular weight is 253 g/mol. The van der Waals surface area contributed by atoms with Crippen LogP contribution in [0.5, 0.6) is 0 Å².